The molecular weight excluding hydrogens is 372 g/mol. The summed E-state index contributed by atoms with van der Waals surface area (Å²) in [7, 11) is 0. The average Bonchev–Trinajstić information content (AvgIpc) is 2.77. The van der Waals surface area contributed by atoms with Crippen molar-refractivity contribution >= 4 is 5.91 Å². The van der Waals surface area contributed by atoms with Crippen LogP contribution in [0.4, 0.5) is 0 Å². The third-order valence-corrected chi connectivity index (χ3v) is 7.15. The van der Waals surface area contributed by atoms with Gasteiger partial charge in [0.25, 0.3) is 0 Å². The van der Waals surface area contributed by atoms with Gasteiger partial charge in [-0.05, 0) is 43.2 Å². The fourth-order valence-electron chi connectivity index (χ4n) is 5.57. The summed E-state index contributed by atoms with van der Waals surface area (Å²) in [4.78, 5) is 19.7. The summed E-state index contributed by atoms with van der Waals surface area (Å²) in [6.45, 7) is 13.0. The first-order valence-electron chi connectivity index (χ1n) is 11.8. The molecule has 1 aromatic rings. The summed E-state index contributed by atoms with van der Waals surface area (Å²) in [5, 5.41) is 3.81. The third-order valence-electron chi connectivity index (χ3n) is 7.15. The van der Waals surface area contributed by atoms with Gasteiger partial charge in [-0.1, -0.05) is 36.4 Å². The first-order chi connectivity index (χ1) is 14.7. The second kappa shape index (κ2) is 10.6. The normalized spacial score (nSPS) is 27.7. The van der Waals surface area contributed by atoms with Gasteiger partial charge >= 0.3 is 0 Å². The van der Waals surface area contributed by atoms with Gasteiger partial charge < -0.3 is 10.2 Å². The molecule has 1 aromatic carbocycles. The van der Waals surface area contributed by atoms with Gasteiger partial charge in [-0.3, -0.25) is 14.6 Å². The minimum absolute atomic E-state index is 0.344. The van der Waals surface area contributed by atoms with Crippen LogP contribution in [0.1, 0.15) is 31.2 Å². The van der Waals surface area contributed by atoms with Crippen LogP contribution in [0.2, 0.25) is 0 Å². The van der Waals surface area contributed by atoms with Crippen LogP contribution >= 0.6 is 0 Å². The number of hydrogen-bond donors (Lipinski definition) is 1. The van der Waals surface area contributed by atoms with Crippen molar-refractivity contribution in [2.75, 3.05) is 52.4 Å². The van der Waals surface area contributed by atoms with Gasteiger partial charge in [0.05, 0.1) is 0 Å². The van der Waals surface area contributed by atoms with Crippen LogP contribution in [-0.4, -0.2) is 79.0 Å². The number of piperidine rings is 2. The molecule has 3 aliphatic heterocycles. The molecule has 4 rings (SSSR count). The Morgan fingerprint density at radius 3 is 2.67 bits per heavy atom. The SMILES string of the molecule is C=CCN1CCN(C(=O)CCC[C@H]2NC[C@@H]3C[C@H]2CN(Cc2ccccc2)C3)CC1. The highest BCUT2D eigenvalue weighted by Crippen LogP contribution is 2.31. The number of nitrogens with zero attached hydrogens (tertiary/aromatic N) is 3. The molecule has 5 heteroatoms. The number of carbonyl (C=O) groups excluding carboxylic acids is 1. The molecule has 3 atom stereocenters. The van der Waals surface area contributed by atoms with Gasteiger partial charge in [-0.2, -0.15) is 0 Å². The van der Waals surface area contributed by atoms with Crippen molar-refractivity contribution in [3.63, 3.8) is 0 Å². The summed E-state index contributed by atoms with van der Waals surface area (Å²) in [5.74, 6) is 1.84. The second-order valence-corrected chi connectivity index (χ2v) is 9.42. The summed E-state index contributed by atoms with van der Waals surface area (Å²) in [6.07, 6.45) is 6.12. The van der Waals surface area contributed by atoms with Crippen LogP contribution in [0.5, 0.6) is 0 Å². The van der Waals surface area contributed by atoms with Crippen LogP contribution in [0.15, 0.2) is 43.0 Å². The molecule has 3 heterocycles. The molecule has 0 spiro atoms. The Balaban J connectivity index is 1.20. The van der Waals surface area contributed by atoms with Gasteiger partial charge in [-0.15, -0.1) is 6.58 Å². The topological polar surface area (TPSA) is 38.8 Å². The van der Waals surface area contributed by atoms with Crippen LogP contribution in [0.25, 0.3) is 0 Å². The van der Waals surface area contributed by atoms with E-state index in [1.54, 1.807) is 0 Å². The fourth-order valence-corrected chi connectivity index (χ4v) is 5.57. The van der Waals surface area contributed by atoms with Gasteiger partial charge in [-0.25, -0.2) is 0 Å². The largest absolute Gasteiger partial charge is 0.340 e. The predicted octanol–water partition coefficient (Wildman–Crippen LogP) is 2.60. The van der Waals surface area contributed by atoms with E-state index >= 15 is 0 Å². The number of fused-ring (bicyclic) bond motifs is 2. The lowest BCUT2D eigenvalue weighted by molar-refractivity contribution is -0.133. The molecule has 3 aliphatic rings. The van der Waals surface area contributed by atoms with E-state index in [-0.39, 0.29) is 0 Å². The molecule has 0 aromatic heterocycles. The molecule has 3 fully saturated rings. The maximum absolute atomic E-state index is 12.6. The minimum atomic E-state index is 0.344. The van der Waals surface area contributed by atoms with Gasteiger partial charge in [0.15, 0.2) is 0 Å². The molecule has 2 bridgehead atoms. The first-order valence-corrected chi connectivity index (χ1v) is 11.8. The van der Waals surface area contributed by atoms with Gasteiger partial charge in [0.2, 0.25) is 5.91 Å². The fraction of sp³-hybridized carbons (Fsp3) is 0.640. The number of rotatable bonds is 8. The molecule has 1 amide bonds. The van der Waals surface area contributed by atoms with Crippen molar-refractivity contribution in [1.29, 1.82) is 0 Å². The Hall–Kier alpha value is -1.69. The Morgan fingerprint density at radius 2 is 1.90 bits per heavy atom. The van der Waals surface area contributed by atoms with Gasteiger partial charge in [0, 0.05) is 64.8 Å². The molecular formula is C25H38N4O. The van der Waals surface area contributed by atoms with E-state index in [4.69, 9.17) is 0 Å². The number of hydrogen-bond acceptors (Lipinski definition) is 4. The lowest BCUT2D eigenvalue weighted by atomic mass is 9.79. The zero-order chi connectivity index (χ0) is 20.8. The summed E-state index contributed by atoms with van der Waals surface area (Å²) < 4.78 is 0. The van der Waals surface area contributed by atoms with E-state index in [0.717, 1.165) is 70.5 Å². The molecule has 5 nitrogen and oxygen atoms in total. The van der Waals surface area contributed by atoms with E-state index in [9.17, 15) is 4.79 Å². The Morgan fingerprint density at radius 1 is 1.10 bits per heavy atom. The summed E-state index contributed by atoms with van der Waals surface area (Å²) in [6, 6.07) is 11.4. The maximum atomic E-state index is 12.6. The van der Waals surface area contributed by atoms with Crippen molar-refractivity contribution in [1.82, 2.24) is 20.0 Å². The second-order valence-electron chi connectivity index (χ2n) is 9.42. The quantitative estimate of drug-likeness (QED) is 0.669. The Kier molecular flexibility index (Phi) is 7.58. The molecule has 3 saturated heterocycles. The van der Waals surface area contributed by atoms with E-state index < -0.39 is 0 Å². The Labute approximate surface area is 182 Å². The number of carbonyl (C=O) groups is 1. The van der Waals surface area contributed by atoms with Crippen LogP contribution in [-0.2, 0) is 11.3 Å². The molecule has 0 saturated carbocycles. The molecule has 0 unspecified atom stereocenters. The van der Waals surface area contributed by atoms with Gasteiger partial charge in [0.1, 0.15) is 0 Å². The van der Waals surface area contributed by atoms with Crippen molar-refractivity contribution in [2.24, 2.45) is 11.8 Å². The monoisotopic (exact) mass is 410 g/mol. The number of piperazine rings is 1. The molecule has 1 N–H and O–H groups in total. The van der Waals surface area contributed by atoms with Crippen molar-refractivity contribution in [2.45, 2.75) is 38.3 Å². The number of benzene rings is 1. The van der Waals surface area contributed by atoms with Crippen LogP contribution in [0, 0.1) is 11.8 Å². The highest BCUT2D eigenvalue weighted by atomic mass is 16.2. The maximum Gasteiger partial charge on any atom is 0.222 e. The van der Waals surface area contributed by atoms with E-state index in [0.29, 0.717) is 18.4 Å². The van der Waals surface area contributed by atoms with Crippen molar-refractivity contribution in [3.8, 4) is 0 Å². The molecule has 0 aliphatic carbocycles. The molecule has 30 heavy (non-hydrogen) atoms. The number of amides is 1. The zero-order valence-corrected chi connectivity index (χ0v) is 18.3. The highest BCUT2D eigenvalue weighted by molar-refractivity contribution is 5.76. The average molecular weight is 411 g/mol. The predicted molar refractivity (Wildman–Crippen MR) is 122 cm³/mol. The summed E-state index contributed by atoms with van der Waals surface area (Å²) in [5.41, 5.74) is 1.42. The molecule has 0 radical (unpaired) electrons. The number of nitrogens with one attached hydrogen (secondary N) is 1. The van der Waals surface area contributed by atoms with E-state index in [1.165, 1.54) is 25.1 Å². The van der Waals surface area contributed by atoms with E-state index in [2.05, 4.69) is 56.9 Å². The zero-order valence-electron chi connectivity index (χ0n) is 18.3. The van der Waals surface area contributed by atoms with Crippen LogP contribution < -0.4 is 5.32 Å². The lowest BCUT2D eigenvalue weighted by Crippen LogP contribution is -2.55. The lowest BCUT2D eigenvalue weighted by Gasteiger charge is -2.46. The molecule has 164 valence electrons. The summed E-state index contributed by atoms with van der Waals surface area (Å²) >= 11 is 0. The van der Waals surface area contributed by atoms with Crippen molar-refractivity contribution in [3.05, 3.63) is 48.6 Å². The van der Waals surface area contributed by atoms with Crippen LogP contribution in [0.3, 0.4) is 0 Å². The first kappa shape index (κ1) is 21.5. The minimum Gasteiger partial charge on any atom is -0.340 e. The standard InChI is InChI=1S/C25H38N4O/c1-2-11-27-12-14-29(15-13-27)25(30)10-6-9-24-23-16-22(17-26-24)19-28(20-23)18-21-7-4-3-5-8-21/h2-5,7-8,22-24,26H,1,6,9-20H2/t22-,23-,24+/m0/s1. The number of likely N-dealkylation sites (tertiary alicyclic amines) is 1. The third kappa shape index (κ3) is 5.71. The highest BCUT2D eigenvalue weighted by Gasteiger charge is 2.36. The Bertz CT molecular complexity index is 686. The smallest absolute Gasteiger partial charge is 0.222 e. The van der Waals surface area contributed by atoms with E-state index in [1.807, 2.05) is 6.08 Å². The van der Waals surface area contributed by atoms with Crippen molar-refractivity contribution < 1.29 is 4.79 Å².